The Morgan fingerprint density at radius 1 is 0.941 bits per heavy atom. The van der Waals surface area contributed by atoms with Gasteiger partial charge < -0.3 is 4.90 Å². The van der Waals surface area contributed by atoms with Crippen molar-refractivity contribution in [2.75, 3.05) is 19.6 Å². The molecule has 0 radical (unpaired) electrons. The van der Waals surface area contributed by atoms with Crippen LogP contribution in [-0.4, -0.2) is 41.4 Å². The minimum Gasteiger partial charge on any atom is -0.338 e. The number of nitrogens with zero attached hydrogens (tertiary/aromatic N) is 2. The first-order valence-electron chi connectivity index (χ1n) is 13.0. The SMILES string of the molecule is CC(F)(F)c1ccc2c(c1)CN(C(=O)C1[C@H]3CN(C4CCC(c5ccccc5)CC4)C[C@@H]13)CC2. The first-order chi connectivity index (χ1) is 16.4. The predicted octanol–water partition coefficient (Wildman–Crippen LogP) is 5.59. The molecule has 2 saturated carbocycles. The number of piperidine rings is 1. The van der Waals surface area contributed by atoms with Crippen molar-refractivity contribution in [2.45, 2.75) is 63.5 Å². The molecule has 0 bridgehead atoms. The van der Waals surface area contributed by atoms with E-state index in [-0.39, 0.29) is 17.4 Å². The maximum atomic E-state index is 13.8. The van der Waals surface area contributed by atoms with Gasteiger partial charge in [0.05, 0.1) is 0 Å². The molecule has 1 unspecified atom stereocenters. The molecule has 2 aromatic carbocycles. The van der Waals surface area contributed by atoms with Crippen molar-refractivity contribution in [3.63, 3.8) is 0 Å². The summed E-state index contributed by atoms with van der Waals surface area (Å²) in [7, 11) is 0. The van der Waals surface area contributed by atoms with E-state index in [1.165, 1.54) is 37.3 Å². The fraction of sp³-hybridized carbons (Fsp3) is 0.552. The number of hydrogen-bond acceptors (Lipinski definition) is 2. The molecule has 0 aromatic heterocycles. The van der Waals surface area contributed by atoms with Crippen LogP contribution in [0.25, 0.3) is 0 Å². The van der Waals surface area contributed by atoms with E-state index >= 15 is 0 Å². The van der Waals surface area contributed by atoms with Crippen LogP contribution >= 0.6 is 0 Å². The van der Waals surface area contributed by atoms with Gasteiger partial charge in [-0.05, 0) is 72.6 Å². The molecule has 0 N–H and O–H groups in total. The summed E-state index contributed by atoms with van der Waals surface area (Å²) in [6.07, 6.45) is 5.79. The van der Waals surface area contributed by atoms with E-state index in [9.17, 15) is 13.6 Å². The lowest BCUT2D eigenvalue weighted by atomic mass is 9.81. The Morgan fingerprint density at radius 2 is 1.65 bits per heavy atom. The molecule has 2 heterocycles. The average molecular weight is 465 g/mol. The van der Waals surface area contributed by atoms with Gasteiger partial charge in [0.1, 0.15) is 0 Å². The largest absolute Gasteiger partial charge is 0.338 e. The number of likely N-dealkylation sites (tertiary alicyclic amines) is 1. The third-order valence-corrected chi connectivity index (χ3v) is 9.03. The van der Waals surface area contributed by atoms with Gasteiger partial charge in [-0.15, -0.1) is 0 Å². The molecule has 1 amide bonds. The molecule has 5 heteroatoms. The average Bonchev–Trinajstić information content (AvgIpc) is 3.35. The number of halogens is 2. The lowest BCUT2D eigenvalue weighted by Gasteiger charge is -2.36. The lowest BCUT2D eigenvalue weighted by molar-refractivity contribution is -0.134. The molecule has 4 aliphatic rings. The summed E-state index contributed by atoms with van der Waals surface area (Å²) in [5.41, 5.74) is 3.52. The molecule has 2 aliphatic carbocycles. The maximum absolute atomic E-state index is 13.8. The number of carbonyl (C=O) groups is 1. The summed E-state index contributed by atoms with van der Waals surface area (Å²) in [5.74, 6) is -0.771. The highest BCUT2D eigenvalue weighted by molar-refractivity contribution is 5.83. The Hall–Kier alpha value is -2.27. The highest BCUT2D eigenvalue weighted by Gasteiger charge is 2.60. The third kappa shape index (κ3) is 4.06. The normalized spacial score (nSPS) is 31.1. The van der Waals surface area contributed by atoms with Gasteiger partial charge in [-0.3, -0.25) is 9.69 Å². The molecular weight excluding hydrogens is 430 g/mol. The van der Waals surface area contributed by atoms with Crippen LogP contribution in [0.15, 0.2) is 48.5 Å². The molecule has 34 heavy (non-hydrogen) atoms. The van der Waals surface area contributed by atoms with Crippen molar-refractivity contribution >= 4 is 5.91 Å². The molecule has 0 spiro atoms. The van der Waals surface area contributed by atoms with Gasteiger partial charge >= 0.3 is 0 Å². The summed E-state index contributed by atoms with van der Waals surface area (Å²) in [5, 5.41) is 0. The van der Waals surface area contributed by atoms with Crippen LogP contribution in [-0.2, 0) is 23.7 Å². The molecule has 2 aromatic rings. The van der Waals surface area contributed by atoms with Crippen LogP contribution in [0, 0.1) is 17.8 Å². The van der Waals surface area contributed by atoms with Gasteiger partial charge in [0.15, 0.2) is 0 Å². The molecule has 1 saturated heterocycles. The fourth-order valence-corrected chi connectivity index (χ4v) is 6.95. The summed E-state index contributed by atoms with van der Waals surface area (Å²) >= 11 is 0. The van der Waals surface area contributed by atoms with E-state index in [1.54, 1.807) is 6.07 Å². The lowest BCUT2D eigenvalue weighted by Crippen LogP contribution is -2.41. The van der Waals surface area contributed by atoms with E-state index in [2.05, 4.69) is 35.2 Å². The number of benzene rings is 2. The second-order valence-corrected chi connectivity index (χ2v) is 11.1. The highest BCUT2D eigenvalue weighted by Crippen LogP contribution is 2.54. The van der Waals surface area contributed by atoms with Crippen molar-refractivity contribution in [1.29, 1.82) is 0 Å². The van der Waals surface area contributed by atoms with Crippen molar-refractivity contribution in [2.24, 2.45) is 17.8 Å². The summed E-state index contributed by atoms with van der Waals surface area (Å²) < 4.78 is 27.6. The minimum atomic E-state index is -2.85. The van der Waals surface area contributed by atoms with Gasteiger partial charge in [-0.2, -0.15) is 0 Å². The van der Waals surface area contributed by atoms with Crippen LogP contribution in [0.4, 0.5) is 8.78 Å². The van der Waals surface area contributed by atoms with Gasteiger partial charge in [-0.1, -0.05) is 42.5 Å². The van der Waals surface area contributed by atoms with Crippen LogP contribution in [0.3, 0.4) is 0 Å². The van der Waals surface area contributed by atoms with Crippen molar-refractivity contribution < 1.29 is 13.6 Å². The van der Waals surface area contributed by atoms with Gasteiger partial charge in [0, 0.05) is 50.6 Å². The van der Waals surface area contributed by atoms with E-state index in [4.69, 9.17) is 0 Å². The van der Waals surface area contributed by atoms with E-state index in [1.807, 2.05) is 11.0 Å². The molecule has 3 fully saturated rings. The Morgan fingerprint density at radius 3 is 2.32 bits per heavy atom. The standard InChI is InChI=1S/C29H34F2N2O/c1-29(30,31)23-10-7-21-13-14-32(16-22(21)15-23)28(34)27-25-17-33(18-26(25)27)24-11-8-20(9-12-24)19-5-3-2-4-6-19/h2-7,10,15,20,24-27H,8-9,11-14,16-18H2,1H3/t20?,24?,25-,26+,27?. The molecule has 180 valence electrons. The monoisotopic (exact) mass is 464 g/mol. The Kier molecular flexibility index (Phi) is 5.51. The van der Waals surface area contributed by atoms with Crippen LogP contribution in [0.1, 0.15) is 60.8 Å². The summed E-state index contributed by atoms with van der Waals surface area (Å²) in [6.45, 7) is 4.22. The maximum Gasteiger partial charge on any atom is 0.270 e. The van der Waals surface area contributed by atoms with Crippen molar-refractivity contribution in [1.82, 2.24) is 9.80 Å². The molecule has 3 atom stereocenters. The second-order valence-electron chi connectivity index (χ2n) is 11.1. The zero-order valence-electron chi connectivity index (χ0n) is 19.9. The first-order valence-corrected chi connectivity index (χ1v) is 13.0. The molecule has 3 nitrogen and oxygen atoms in total. The Balaban J connectivity index is 1.02. The summed E-state index contributed by atoms with van der Waals surface area (Å²) in [4.78, 5) is 17.9. The number of carbonyl (C=O) groups excluding carboxylic acids is 1. The van der Waals surface area contributed by atoms with Crippen LogP contribution < -0.4 is 0 Å². The minimum absolute atomic E-state index is 0.0430. The zero-order valence-corrected chi connectivity index (χ0v) is 19.9. The van der Waals surface area contributed by atoms with Gasteiger partial charge in [0.25, 0.3) is 5.92 Å². The van der Waals surface area contributed by atoms with Crippen molar-refractivity contribution in [3.05, 3.63) is 70.8 Å². The number of rotatable bonds is 4. The number of fused-ring (bicyclic) bond motifs is 2. The number of hydrogen-bond donors (Lipinski definition) is 0. The topological polar surface area (TPSA) is 23.6 Å². The second kappa shape index (κ2) is 8.44. The quantitative estimate of drug-likeness (QED) is 0.589. The first kappa shape index (κ1) is 22.2. The van der Waals surface area contributed by atoms with Crippen LogP contribution in [0.2, 0.25) is 0 Å². The van der Waals surface area contributed by atoms with Crippen LogP contribution in [0.5, 0.6) is 0 Å². The number of amides is 1. The smallest absolute Gasteiger partial charge is 0.270 e. The Bertz CT molecular complexity index is 1050. The van der Waals surface area contributed by atoms with E-state index < -0.39 is 5.92 Å². The summed E-state index contributed by atoms with van der Waals surface area (Å²) in [6, 6.07) is 16.5. The fourth-order valence-electron chi connectivity index (χ4n) is 6.95. The predicted molar refractivity (Wildman–Crippen MR) is 129 cm³/mol. The zero-order chi connectivity index (χ0) is 23.4. The van der Waals surface area contributed by atoms with Gasteiger partial charge in [-0.25, -0.2) is 8.78 Å². The number of alkyl halides is 2. The van der Waals surface area contributed by atoms with E-state index in [0.29, 0.717) is 36.9 Å². The van der Waals surface area contributed by atoms with Gasteiger partial charge in [0.2, 0.25) is 5.91 Å². The third-order valence-electron chi connectivity index (χ3n) is 9.03. The molecule has 6 rings (SSSR count). The highest BCUT2D eigenvalue weighted by atomic mass is 19.3. The van der Waals surface area contributed by atoms with E-state index in [0.717, 1.165) is 37.6 Å². The molecule has 2 aliphatic heterocycles. The Labute approximate surface area is 201 Å². The van der Waals surface area contributed by atoms with Crippen molar-refractivity contribution in [3.8, 4) is 0 Å². The molecular formula is C29H34F2N2O.